The molecule has 0 saturated heterocycles. The van der Waals surface area contributed by atoms with E-state index in [1.54, 1.807) is 16.7 Å². The third-order valence-electron chi connectivity index (χ3n) is 3.72. The number of amides is 1. The predicted octanol–water partition coefficient (Wildman–Crippen LogP) is 3.92. The molecule has 26 heavy (non-hydrogen) atoms. The molecule has 0 N–H and O–H groups in total. The van der Waals surface area contributed by atoms with Gasteiger partial charge >= 0.3 is 5.97 Å². The quantitative estimate of drug-likeness (QED) is 0.228. The van der Waals surface area contributed by atoms with Crippen LogP contribution in [0.4, 0.5) is 0 Å². The van der Waals surface area contributed by atoms with Gasteiger partial charge in [-0.2, -0.15) is 0 Å². The van der Waals surface area contributed by atoms with Crippen LogP contribution in [-0.2, 0) is 16.1 Å². The number of nitrogens with zero attached hydrogens (tertiary/aromatic N) is 4. The van der Waals surface area contributed by atoms with E-state index in [4.69, 9.17) is 14.7 Å². The number of hydrogen-bond acceptors (Lipinski definition) is 4. The van der Waals surface area contributed by atoms with Crippen LogP contribution in [0.2, 0.25) is 0 Å². The average molecular weight is 350 g/mol. The minimum Gasteiger partial charge on any atom is -0.464 e. The molecule has 0 fully saturated rings. The van der Waals surface area contributed by atoms with E-state index in [0.717, 1.165) is 11.6 Å². The molecule has 2 aromatic heterocycles. The fourth-order valence-corrected chi connectivity index (χ4v) is 2.58. The van der Waals surface area contributed by atoms with Crippen molar-refractivity contribution >= 4 is 29.1 Å². The lowest BCUT2D eigenvalue weighted by atomic mass is 10.2. The minimum absolute atomic E-state index is 0.366. The Kier molecular flexibility index (Phi) is 4.87. The second-order valence-electron chi connectivity index (χ2n) is 5.35. The number of esters is 1. The highest BCUT2D eigenvalue weighted by Crippen LogP contribution is 2.26. The molecule has 0 unspecified atom stereocenters. The van der Waals surface area contributed by atoms with Crippen LogP contribution in [0, 0.1) is 0 Å². The van der Waals surface area contributed by atoms with E-state index in [0.29, 0.717) is 29.1 Å². The Bertz CT molecular complexity index is 1040. The fraction of sp³-hybridized carbons (Fsp3) is 0.111. The Morgan fingerprint density at radius 2 is 2.08 bits per heavy atom. The molecule has 8 nitrogen and oxygen atoms in total. The molecule has 0 spiro atoms. The standard InChI is InChI=1S/C18H14N4O4/c1-25-18(24)15-10-16-14(22(15)11-12-5-3-2-4-6-12)9-13(26-16)7-8-17(23)20-21-19/h2-10H,11H2,1H3. The average Bonchev–Trinajstić information content (AvgIpc) is 3.19. The number of hydrogen-bond donors (Lipinski definition) is 0. The van der Waals surface area contributed by atoms with Gasteiger partial charge in [-0.15, -0.1) is 0 Å². The Labute approximate surface area is 147 Å². The van der Waals surface area contributed by atoms with Crippen LogP contribution in [0.1, 0.15) is 21.8 Å². The summed E-state index contributed by atoms with van der Waals surface area (Å²) in [5.74, 6) is -0.798. The smallest absolute Gasteiger partial charge is 0.354 e. The maximum Gasteiger partial charge on any atom is 0.354 e. The highest BCUT2D eigenvalue weighted by molar-refractivity contribution is 5.95. The predicted molar refractivity (Wildman–Crippen MR) is 94.3 cm³/mol. The number of ether oxygens (including phenoxy) is 1. The van der Waals surface area contributed by atoms with Crippen LogP contribution in [0.5, 0.6) is 0 Å². The molecule has 1 aromatic carbocycles. The second kappa shape index (κ2) is 7.42. The van der Waals surface area contributed by atoms with E-state index in [1.807, 2.05) is 30.3 Å². The van der Waals surface area contributed by atoms with Crippen molar-refractivity contribution in [2.24, 2.45) is 5.11 Å². The molecule has 2 heterocycles. The number of carbonyl (C=O) groups excluding carboxylic acids is 2. The van der Waals surface area contributed by atoms with Gasteiger partial charge in [0.05, 0.1) is 12.6 Å². The zero-order chi connectivity index (χ0) is 18.5. The summed E-state index contributed by atoms with van der Waals surface area (Å²) in [7, 11) is 1.32. The van der Waals surface area contributed by atoms with Gasteiger partial charge in [-0.3, -0.25) is 4.79 Å². The normalized spacial score (nSPS) is 10.8. The minimum atomic E-state index is -0.726. The van der Waals surface area contributed by atoms with Crippen LogP contribution in [0.3, 0.4) is 0 Å². The summed E-state index contributed by atoms with van der Waals surface area (Å²) in [6.45, 7) is 0.453. The van der Waals surface area contributed by atoms with Crippen molar-refractivity contribution < 1.29 is 18.7 Å². The van der Waals surface area contributed by atoms with Gasteiger partial charge < -0.3 is 13.7 Å². The van der Waals surface area contributed by atoms with Crippen LogP contribution in [-0.4, -0.2) is 23.6 Å². The van der Waals surface area contributed by atoms with Gasteiger partial charge in [0.2, 0.25) is 5.91 Å². The molecular weight excluding hydrogens is 336 g/mol. The van der Waals surface area contributed by atoms with Gasteiger partial charge in [-0.25, -0.2) is 4.79 Å². The molecule has 130 valence electrons. The topological polar surface area (TPSA) is 110 Å². The summed E-state index contributed by atoms with van der Waals surface area (Å²) in [5, 5.41) is 2.95. The lowest BCUT2D eigenvalue weighted by Gasteiger charge is -2.08. The van der Waals surface area contributed by atoms with E-state index < -0.39 is 11.9 Å². The van der Waals surface area contributed by atoms with Crippen molar-refractivity contribution in [3.05, 3.63) is 76.0 Å². The van der Waals surface area contributed by atoms with Crippen molar-refractivity contribution in [2.45, 2.75) is 6.54 Å². The number of benzene rings is 1. The number of furan rings is 1. The van der Waals surface area contributed by atoms with Gasteiger partial charge in [0.1, 0.15) is 11.5 Å². The molecule has 1 amide bonds. The number of rotatable bonds is 5. The lowest BCUT2D eigenvalue weighted by Crippen LogP contribution is -2.11. The van der Waals surface area contributed by atoms with Crippen molar-refractivity contribution in [1.29, 1.82) is 0 Å². The molecule has 0 aliphatic carbocycles. The summed E-state index contributed by atoms with van der Waals surface area (Å²) < 4.78 is 12.3. The van der Waals surface area contributed by atoms with E-state index in [1.165, 1.54) is 13.2 Å². The van der Waals surface area contributed by atoms with Gasteiger partial charge in [-0.1, -0.05) is 30.3 Å². The second-order valence-corrected chi connectivity index (χ2v) is 5.35. The molecule has 3 rings (SSSR count). The maximum atomic E-state index is 12.1. The summed E-state index contributed by atoms with van der Waals surface area (Å²) in [5.41, 5.74) is 10.8. The maximum absolute atomic E-state index is 12.1. The molecule has 0 aliphatic heterocycles. The van der Waals surface area contributed by atoms with Crippen LogP contribution in [0.15, 0.2) is 58.1 Å². The number of aromatic nitrogens is 1. The van der Waals surface area contributed by atoms with E-state index >= 15 is 0 Å². The van der Waals surface area contributed by atoms with Gasteiger partial charge in [0.25, 0.3) is 0 Å². The van der Waals surface area contributed by atoms with Crippen molar-refractivity contribution in [3.63, 3.8) is 0 Å². The number of methoxy groups -OCH3 is 1. The van der Waals surface area contributed by atoms with E-state index in [-0.39, 0.29) is 0 Å². The van der Waals surface area contributed by atoms with Gasteiger partial charge in [-0.05, 0) is 28.4 Å². The molecule has 8 heteroatoms. The molecular formula is C18H14N4O4. The lowest BCUT2D eigenvalue weighted by molar-refractivity contribution is -0.113. The summed E-state index contributed by atoms with van der Waals surface area (Å²) >= 11 is 0. The molecule has 0 aliphatic rings. The SMILES string of the molecule is COC(=O)c1cc2oc(C=CC(=O)N=[N+]=[N-])cc2n1Cc1ccccc1. The third-order valence-corrected chi connectivity index (χ3v) is 3.72. The van der Waals surface area contributed by atoms with Gasteiger partial charge in [0, 0.05) is 23.6 Å². The molecule has 0 saturated carbocycles. The van der Waals surface area contributed by atoms with Crippen LogP contribution < -0.4 is 0 Å². The van der Waals surface area contributed by atoms with Crippen LogP contribution >= 0.6 is 0 Å². The fourth-order valence-electron chi connectivity index (χ4n) is 2.58. The number of azide groups is 1. The summed E-state index contributed by atoms with van der Waals surface area (Å²) in [6.07, 6.45) is 2.52. The Hall–Kier alpha value is -3.77. The molecule has 3 aromatic rings. The number of fused-ring (bicyclic) bond motifs is 1. The first-order valence-electron chi connectivity index (χ1n) is 7.65. The zero-order valence-corrected chi connectivity index (χ0v) is 13.8. The third kappa shape index (κ3) is 3.50. The Morgan fingerprint density at radius 1 is 1.31 bits per heavy atom. The summed E-state index contributed by atoms with van der Waals surface area (Å²) in [4.78, 5) is 25.7. The first kappa shape index (κ1) is 17.1. The zero-order valence-electron chi connectivity index (χ0n) is 13.8. The highest BCUT2D eigenvalue weighted by atomic mass is 16.5. The monoisotopic (exact) mass is 350 g/mol. The largest absolute Gasteiger partial charge is 0.464 e. The first-order chi connectivity index (χ1) is 12.6. The Morgan fingerprint density at radius 3 is 2.77 bits per heavy atom. The first-order valence-corrected chi connectivity index (χ1v) is 7.65. The Balaban J connectivity index is 2.02. The van der Waals surface area contributed by atoms with Crippen molar-refractivity contribution in [1.82, 2.24) is 4.57 Å². The van der Waals surface area contributed by atoms with E-state index in [9.17, 15) is 9.59 Å². The van der Waals surface area contributed by atoms with Gasteiger partial charge in [0.15, 0.2) is 5.58 Å². The molecule has 0 bridgehead atoms. The summed E-state index contributed by atoms with van der Waals surface area (Å²) in [6, 6.07) is 12.9. The van der Waals surface area contributed by atoms with Crippen molar-refractivity contribution in [3.8, 4) is 0 Å². The molecule has 0 atom stereocenters. The molecule has 0 radical (unpaired) electrons. The number of carbonyl (C=O) groups is 2. The van der Waals surface area contributed by atoms with Crippen molar-refractivity contribution in [2.75, 3.05) is 7.11 Å². The van der Waals surface area contributed by atoms with E-state index in [2.05, 4.69) is 10.0 Å². The van der Waals surface area contributed by atoms with Crippen LogP contribution in [0.25, 0.3) is 27.6 Å². The highest BCUT2D eigenvalue weighted by Gasteiger charge is 2.19.